The van der Waals surface area contributed by atoms with Crippen LogP contribution in [0.4, 0.5) is 4.39 Å². The second kappa shape index (κ2) is 6.56. The Morgan fingerprint density at radius 1 is 1.05 bits per heavy atom. The van der Waals surface area contributed by atoms with Crippen molar-refractivity contribution in [3.63, 3.8) is 0 Å². The molecular weight excluding hydrogens is 267 g/mol. The molecule has 1 aliphatic heterocycles. The highest BCUT2D eigenvalue weighted by Crippen LogP contribution is 2.16. The molecule has 1 aromatic carbocycles. The van der Waals surface area contributed by atoms with Gasteiger partial charge in [-0.2, -0.15) is 0 Å². The number of nitrogens with zero attached hydrogens (tertiary/aromatic N) is 1. The maximum atomic E-state index is 12.9. The first-order valence-corrected chi connectivity index (χ1v) is 8.13. The number of amides is 1. The maximum absolute atomic E-state index is 12.9. The number of rotatable bonds is 2. The number of nitrogens with one attached hydrogen (secondary N) is 1. The fraction of sp³-hybridized carbons (Fsp3) is 0.588. The molecule has 1 aromatic rings. The number of hydrogen-bond acceptors (Lipinski definition) is 1. The highest BCUT2D eigenvalue weighted by molar-refractivity contribution is 5.94. The van der Waals surface area contributed by atoms with E-state index in [0.29, 0.717) is 5.56 Å². The molecule has 1 heterocycles. The Morgan fingerprint density at radius 3 is 2.29 bits per heavy atom. The van der Waals surface area contributed by atoms with Gasteiger partial charge in [0.1, 0.15) is 5.82 Å². The van der Waals surface area contributed by atoms with Crippen molar-refractivity contribution < 1.29 is 14.1 Å². The third-order valence-corrected chi connectivity index (χ3v) is 4.97. The molecule has 21 heavy (non-hydrogen) atoms. The predicted octanol–water partition coefficient (Wildman–Crippen LogP) is 1.50. The van der Waals surface area contributed by atoms with Gasteiger partial charge in [0.15, 0.2) is 0 Å². The Labute approximate surface area is 125 Å². The second-order valence-electron chi connectivity index (χ2n) is 6.29. The highest BCUT2D eigenvalue weighted by Gasteiger charge is 2.30. The van der Waals surface area contributed by atoms with E-state index in [1.807, 2.05) is 4.90 Å². The summed E-state index contributed by atoms with van der Waals surface area (Å²) in [6.07, 6.45) is 6.82. The lowest BCUT2D eigenvalue weighted by Gasteiger charge is -2.38. The molecule has 114 valence electrons. The van der Waals surface area contributed by atoms with Gasteiger partial charge in [0.25, 0.3) is 5.91 Å². The summed E-state index contributed by atoms with van der Waals surface area (Å²) in [5, 5.41) is 0. The van der Waals surface area contributed by atoms with Gasteiger partial charge in [-0.15, -0.1) is 0 Å². The zero-order valence-corrected chi connectivity index (χ0v) is 12.5. The smallest absolute Gasteiger partial charge is 0.254 e. The average molecular weight is 291 g/mol. The molecule has 0 spiro atoms. The number of piperazine rings is 1. The van der Waals surface area contributed by atoms with E-state index in [-0.39, 0.29) is 11.7 Å². The van der Waals surface area contributed by atoms with Crippen LogP contribution >= 0.6 is 0 Å². The minimum atomic E-state index is -0.293. The summed E-state index contributed by atoms with van der Waals surface area (Å²) < 4.78 is 12.9. The number of carbonyl (C=O) groups is 1. The molecule has 2 aliphatic rings. The van der Waals surface area contributed by atoms with E-state index >= 15 is 0 Å². The molecule has 1 amide bonds. The van der Waals surface area contributed by atoms with Crippen molar-refractivity contribution in [3.8, 4) is 0 Å². The van der Waals surface area contributed by atoms with Crippen molar-refractivity contribution in [2.24, 2.45) is 0 Å². The van der Waals surface area contributed by atoms with Gasteiger partial charge in [0.2, 0.25) is 0 Å². The molecule has 3 nitrogen and oxygen atoms in total. The minimum absolute atomic E-state index is 0.0395. The number of carbonyl (C=O) groups excluding carboxylic acids is 1. The van der Waals surface area contributed by atoms with E-state index in [4.69, 9.17) is 0 Å². The molecule has 0 atom stereocenters. The third-order valence-electron chi connectivity index (χ3n) is 4.97. The first-order valence-electron chi connectivity index (χ1n) is 8.13. The van der Waals surface area contributed by atoms with Gasteiger partial charge in [-0.1, -0.05) is 6.42 Å². The van der Waals surface area contributed by atoms with Crippen molar-refractivity contribution in [1.29, 1.82) is 0 Å². The van der Waals surface area contributed by atoms with Crippen molar-refractivity contribution >= 4 is 5.91 Å². The lowest BCUT2D eigenvalue weighted by Crippen LogP contribution is -3.18. The Kier molecular flexibility index (Phi) is 4.54. The van der Waals surface area contributed by atoms with Gasteiger partial charge in [-0.05, 0) is 49.9 Å². The van der Waals surface area contributed by atoms with E-state index in [1.54, 1.807) is 17.0 Å². The van der Waals surface area contributed by atoms with E-state index in [0.717, 1.165) is 32.2 Å². The number of hydrogen-bond donors (Lipinski definition) is 1. The van der Waals surface area contributed by atoms with E-state index in [1.165, 1.54) is 44.2 Å². The fourth-order valence-electron chi connectivity index (χ4n) is 3.69. The number of halogens is 1. The summed E-state index contributed by atoms with van der Waals surface area (Å²) in [4.78, 5) is 16.0. The van der Waals surface area contributed by atoms with Gasteiger partial charge in [0, 0.05) is 5.56 Å². The minimum Gasteiger partial charge on any atom is -0.330 e. The van der Waals surface area contributed by atoms with Crippen molar-refractivity contribution in [3.05, 3.63) is 35.6 Å². The molecule has 0 aromatic heterocycles. The molecule has 1 saturated heterocycles. The van der Waals surface area contributed by atoms with Crippen LogP contribution in [0.3, 0.4) is 0 Å². The van der Waals surface area contributed by atoms with Gasteiger partial charge in [-0.25, -0.2) is 4.39 Å². The second-order valence-corrected chi connectivity index (χ2v) is 6.29. The summed E-state index contributed by atoms with van der Waals surface area (Å²) in [5.74, 6) is -0.254. The quantitative estimate of drug-likeness (QED) is 0.877. The van der Waals surface area contributed by atoms with Crippen LogP contribution in [0, 0.1) is 5.82 Å². The largest absolute Gasteiger partial charge is 0.330 e. The van der Waals surface area contributed by atoms with Gasteiger partial charge in [0.05, 0.1) is 32.2 Å². The van der Waals surface area contributed by atoms with Crippen LogP contribution in [0.5, 0.6) is 0 Å². The Morgan fingerprint density at radius 2 is 1.67 bits per heavy atom. The maximum Gasteiger partial charge on any atom is 0.254 e. The lowest BCUT2D eigenvalue weighted by molar-refractivity contribution is -0.930. The van der Waals surface area contributed by atoms with Crippen LogP contribution in [0.15, 0.2) is 24.3 Å². The van der Waals surface area contributed by atoms with Crippen LogP contribution in [-0.4, -0.2) is 43.0 Å². The van der Waals surface area contributed by atoms with E-state index < -0.39 is 0 Å². The molecule has 1 aliphatic carbocycles. The van der Waals surface area contributed by atoms with Crippen LogP contribution in [0.25, 0.3) is 0 Å². The van der Waals surface area contributed by atoms with Gasteiger partial charge in [-0.3, -0.25) is 4.79 Å². The van der Waals surface area contributed by atoms with Crippen LogP contribution in [0.1, 0.15) is 42.5 Å². The zero-order chi connectivity index (χ0) is 14.7. The fourth-order valence-corrected chi connectivity index (χ4v) is 3.69. The summed E-state index contributed by atoms with van der Waals surface area (Å²) in [7, 11) is 0. The van der Waals surface area contributed by atoms with Crippen molar-refractivity contribution in [2.75, 3.05) is 26.2 Å². The molecule has 0 bridgehead atoms. The topological polar surface area (TPSA) is 24.8 Å². The SMILES string of the molecule is O=C(c1ccc(F)cc1)N1CC[NH+](C2CCCCC2)CC1. The zero-order valence-electron chi connectivity index (χ0n) is 12.5. The molecular formula is C17H24FN2O+. The molecule has 2 fully saturated rings. The molecule has 3 rings (SSSR count). The van der Waals surface area contributed by atoms with Crippen molar-refractivity contribution in [1.82, 2.24) is 4.90 Å². The Balaban J connectivity index is 1.55. The molecule has 1 N–H and O–H groups in total. The summed E-state index contributed by atoms with van der Waals surface area (Å²) in [5.41, 5.74) is 0.595. The standard InChI is InChI=1S/C17H23FN2O/c18-15-8-6-14(7-9-15)17(21)20-12-10-19(11-13-20)16-4-2-1-3-5-16/h6-9,16H,1-5,10-13H2/p+1. The number of benzene rings is 1. The molecule has 4 heteroatoms. The van der Waals surface area contributed by atoms with E-state index in [9.17, 15) is 9.18 Å². The van der Waals surface area contributed by atoms with Crippen molar-refractivity contribution in [2.45, 2.75) is 38.1 Å². The van der Waals surface area contributed by atoms with Crippen LogP contribution in [0.2, 0.25) is 0 Å². The Hall–Kier alpha value is -1.42. The summed E-state index contributed by atoms with van der Waals surface area (Å²) >= 11 is 0. The Bertz CT molecular complexity index is 474. The number of quaternary nitrogens is 1. The first-order chi connectivity index (χ1) is 10.2. The monoisotopic (exact) mass is 291 g/mol. The van der Waals surface area contributed by atoms with Crippen LogP contribution < -0.4 is 4.90 Å². The normalized spacial score (nSPS) is 21.5. The van der Waals surface area contributed by atoms with Crippen LogP contribution in [-0.2, 0) is 0 Å². The molecule has 0 unspecified atom stereocenters. The third kappa shape index (κ3) is 3.43. The molecule has 1 saturated carbocycles. The summed E-state index contributed by atoms with van der Waals surface area (Å²) in [6.45, 7) is 3.75. The van der Waals surface area contributed by atoms with E-state index in [2.05, 4.69) is 0 Å². The van der Waals surface area contributed by atoms with Gasteiger partial charge < -0.3 is 9.80 Å². The first kappa shape index (κ1) is 14.5. The lowest BCUT2D eigenvalue weighted by atomic mass is 9.94. The predicted molar refractivity (Wildman–Crippen MR) is 79.9 cm³/mol. The summed E-state index contributed by atoms with van der Waals surface area (Å²) in [6, 6.07) is 6.69. The average Bonchev–Trinajstić information content (AvgIpc) is 2.56. The molecule has 0 radical (unpaired) electrons. The van der Waals surface area contributed by atoms with Gasteiger partial charge >= 0.3 is 0 Å². The highest BCUT2D eigenvalue weighted by atomic mass is 19.1.